The summed E-state index contributed by atoms with van der Waals surface area (Å²) in [7, 11) is 0. The second-order valence-electron chi connectivity index (χ2n) is 4.62. The molecule has 0 aliphatic heterocycles. The van der Waals surface area contributed by atoms with Crippen LogP contribution in [0.25, 0.3) is 0 Å². The summed E-state index contributed by atoms with van der Waals surface area (Å²) >= 11 is 5.71. The van der Waals surface area contributed by atoms with Crippen LogP contribution >= 0.6 is 11.6 Å². The monoisotopic (exact) mass is 237 g/mol. The lowest BCUT2D eigenvalue weighted by Gasteiger charge is -2.14. The molecule has 1 aliphatic carbocycles. The molecular weight excluding hydrogens is 218 g/mol. The third-order valence-electron chi connectivity index (χ3n) is 3.25. The molecule has 2 heteroatoms. The number of rotatable bonds is 5. The maximum Gasteiger partial charge on any atom is 0.0345 e. The van der Waals surface area contributed by atoms with Crippen LogP contribution in [0.5, 0.6) is 0 Å². The van der Waals surface area contributed by atoms with Crippen molar-refractivity contribution in [2.75, 3.05) is 11.2 Å². The number of hydrogen-bond acceptors (Lipinski definition) is 1. The second kappa shape index (κ2) is 6.15. The Morgan fingerprint density at radius 1 is 1.25 bits per heavy atom. The highest BCUT2D eigenvalue weighted by atomic mass is 35.5. The molecule has 0 saturated heterocycles. The van der Waals surface area contributed by atoms with Crippen LogP contribution < -0.4 is 5.32 Å². The minimum atomic E-state index is 0.697. The summed E-state index contributed by atoms with van der Waals surface area (Å²) in [5, 5.41) is 3.62. The molecule has 0 bridgehead atoms. The summed E-state index contributed by atoms with van der Waals surface area (Å²) in [5.41, 5.74) is 2.67. The fraction of sp³-hybridized carbons (Fsp3) is 0.571. The third kappa shape index (κ3) is 3.41. The van der Waals surface area contributed by atoms with Gasteiger partial charge in [-0.2, -0.15) is 0 Å². The molecule has 88 valence electrons. The van der Waals surface area contributed by atoms with Gasteiger partial charge in [-0.3, -0.25) is 0 Å². The van der Waals surface area contributed by atoms with Crippen LogP contribution in [0.2, 0.25) is 0 Å². The molecule has 1 saturated carbocycles. The molecule has 0 heterocycles. The first kappa shape index (κ1) is 11.8. The van der Waals surface area contributed by atoms with E-state index in [9.17, 15) is 0 Å². The Balaban J connectivity index is 1.92. The van der Waals surface area contributed by atoms with E-state index in [2.05, 4.69) is 29.6 Å². The Hall–Kier alpha value is -0.690. The summed E-state index contributed by atoms with van der Waals surface area (Å²) in [6, 6.07) is 9.46. The van der Waals surface area contributed by atoms with Gasteiger partial charge in [-0.25, -0.2) is 0 Å². The molecule has 0 amide bonds. The summed E-state index contributed by atoms with van der Waals surface area (Å²) < 4.78 is 0. The Morgan fingerprint density at radius 2 is 2.06 bits per heavy atom. The largest absolute Gasteiger partial charge is 0.382 e. The molecule has 0 spiro atoms. The van der Waals surface area contributed by atoms with Gasteiger partial charge < -0.3 is 5.32 Å². The average molecular weight is 238 g/mol. The molecule has 1 aromatic carbocycles. The first-order valence-electron chi connectivity index (χ1n) is 6.30. The van der Waals surface area contributed by atoms with Crippen molar-refractivity contribution in [2.45, 2.75) is 44.6 Å². The lowest BCUT2D eigenvalue weighted by Crippen LogP contribution is -2.14. The zero-order valence-electron chi connectivity index (χ0n) is 9.71. The number of aryl methyl sites for hydroxylation is 1. The fourth-order valence-electron chi connectivity index (χ4n) is 2.39. The highest BCUT2D eigenvalue weighted by molar-refractivity contribution is 6.17. The van der Waals surface area contributed by atoms with Crippen molar-refractivity contribution in [3.05, 3.63) is 29.8 Å². The first-order valence-corrected chi connectivity index (χ1v) is 6.83. The van der Waals surface area contributed by atoms with Gasteiger partial charge in [-0.1, -0.05) is 25.0 Å². The summed E-state index contributed by atoms with van der Waals surface area (Å²) in [6.07, 6.45) is 7.56. The highest BCUT2D eigenvalue weighted by Gasteiger charge is 2.14. The number of hydrogen-bond donors (Lipinski definition) is 1. The first-order chi connectivity index (χ1) is 7.88. The van der Waals surface area contributed by atoms with E-state index in [1.54, 1.807) is 0 Å². The molecule has 0 unspecified atom stereocenters. The molecule has 0 atom stereocenters. The molecule has 1 nitrogen and oxygen atoms in total. The molecule has 0 radical (unpaired) electrons. The van der Waals surface area contributed by atoms with Crippen molar-refractivity contribution in [3.8, 4) is 0 Å². The number of halogens is 1. The van der Waals surface area contributed by atoms with E-state index >= 15 is 0 Å². The van der Waals surface area contributed by atoms with E-state index in [1.165, 1.54) is 36.9 Å². The van der Waals surface area contributed by atoms with E-state index in [1.807, 2.05) is 0 Å². The smallest absolute Gasteiger partial charge is 0.0345 e. The van der Waals surface area contributed by atoms with Gasteiger partial charge in [-0.05, 0) is 43.4 Å². The van der Waals surface area contributed by atoms with Crippen molar-refractivity contribution >= 4 is 17.3 Å². The molecule has 0 aromatic heterocycles. The van der Waals surface area contributed by atoms with Crippen molar-refractivity contribution in [1.29, 1.82) is 0 Å². The van der Waals surface area contributed by atoms with Crippen LogP contribution in [0.15, 0.2) is 24.3 Å². The van der Waals surface area contributed by atoms with E-state index in [0.717, 1.165) is 18.7 Å². The number of nitrogens with one attached hydrogen (secondary N) is 1. The van der Waals surface area contributed by atoms with Gasteiger partial charge >= 0.3 is 0 Å². The molecular formula is C14H20ClN. The molecule has 1 N–H and O–H groups in total. The Morgan fingerprint density at radius 3 is 2.81 bits per heavy atom. The van der Waals surface area contributed by atoms with Gasteiger partial charge in [0.2, 0.25) is 0 Å². The Bertz CT molecular complexity index is 318. The van der Waals surface area contributed by atoms with Crippen LogP contribution in [0, 0.1) is 0 Å². The lowest BCUT2D eigenvalue weighted by atomic mass is 10.1. The zero-order chi connectivity index (χ0) is 11.2. The predicted molar refractivity (Wildman–Crippen MR) is 71.4 cm³/mol. The normalized spacial score (nSPS) is 16.6. The van der Waals surface area contributed by atoms with Crippen molar-refractivity contribution in [1.82, 2.24) is 0 Å². The van der Waals surface area contributed by atoms with Crippen LogP contribution in [-0.4, -0.2) is 11.9 Å². The van der Waals surface area contributed by atoms with Gasteiger partial charge in [0.25, 0.3) is 0 Å². The zero-order valence-corrected chi connectivity index (χ0v) is 10.5. The minimum Gasteiger partial charge on any atom is -0.382 e. The fourth-order valence-corrected chi connectivity index (χ4v) is 2.53. The van der Waals surface area contributed by atoms with E-state index in [-0.39, 0.29) is 0 Å². The number of benzene rings is 1. The maximum absolute atomic E-state index is 5.71. The maximum atomic E-state index is 5.71. The van der Waals surface area contributed by atoms with Gasteiger partial charge in [0.05, 0.1) is 0 Å². The molecule has 1 fully saturated rings. The standard InChI is InChI=1S/C14H20ClN/c15-10-4-6-12-5-3-9-14(11-12)16-13-7-1-2-8-13/h3,5,9,11,13,16H,1-2,4,6-8,10H2. The topological polar surface area (TPSA) is 12.0 Å². The summed E-state index contributed by atoms with van der Waals surface area (Å²) in [6.45, 7) is 0. The van der Waals surface area contributed by atoms with Crippen LogP contribution in [0.3, 0.4) is 0 Å². The number of alkyl halides is 1. The van der Waals surface area contributed by atoms with E-state index in [4.69, 9.17) is 11.6 Å². The molecule has 2 rings (SSSR count). The lowest BCUT2D eigenvalue weighted by molar-refractivity contribution is 0.755. The summed E-state index contributed by atoms with van der Waals surface area (Å²) in [5.74, 6) is 0.750. The Labute approximate surface area is 103 Å². The quantitative estimate of drug-likeness (QED) is 0.757. The molecule has 1 aliphatic rings. The molecule has 16 heavy (non-hydrogen) atoms. The van der Waals surface area contributed by atoms with Crippen LogP contribution in [-0.2, 0) is 6.42 Å². The van der Waals surface area contributed by atoms with Crippen molar-refractivity contribution in [2.24, 2.45) is 0 Å². The van der Waals surface area contributed by atoms with Gasteiger partial charge in [0.15, 0.2) is 0 Å². The van der Waals surface area contributed by atoms with Crippen molar-refractivity contribution in [3.63, 3.8) is 0 Å². The minimum absolute atomic E-state index is 0.697. The van der Waals surface area contributed by atoms with Crippen molar-refractivity contribution < 1.29 is 0 Å². The van der Waals surface area contributed by atoms with Gasteiger partial charge in [-0.15, -0.1) is 11.6 Å². The average Bonchev–Trinajstić information content (AvgIpc) is 2.80. The highest BCUT2D eigenvalue weighted by Crippen LogP contribution is 2.22. The summed E-state index contributed by atoms with van der Waals surface area (Å²) in [4.78, 5) is 0. The molecule has 1 aromatic rings. The Kier molecular flexibility index (Phi) is 4.53. The van der Waals surface area contributed by atoms with Gasteiger partial charge in [0, 0.05) is 17.6 Å². The van der Waals surface area contributed by atoms with E-state index in [0.29, 0.717) is 6.04 Å². The second-order valence-corrected chi connectivity index (χ2v) is 5.00. The number of anilines is 1. The van der Waals surface area contributed by atoms with Crippen LogP contribution in [0.1, 0.15) is 37.7 Å². The van der Waals surface area contributed by atoms with Crippen LogP contribution in [0.4, 0.5) is 5.69 Å². The van der Waals surface area contributed by atoms with E-state index < -0.39 is 0 Å². The SMILES string of the molecule is ClCCCc1cccc(NC2CCCC2)c1. The third-order valence-corrected chi connectivity index (χ3v) is 3.52. The predicted octanol–water partition coefficient (Wildman–Crippen LogP) is 4.21. The van der Waals surface area contributed by atoms with Gasteiger partial charge in [0.1, 0.15) is 0 Å².